The zero-order chi connectivity index (χ0) is 18.2. The van der Waals surface area contributed by atoms with E-state index in [-0.39, 0.29) is 18.7 Å². The number of hydrogen-bond donors (Lipinski definition) is 3. The Labute approximate surface area is 145 Å². The fourth-order valence-electron chi connectivity index (χ4n) is 2.15. The Bertz CT molecular complexity index is 755. The Hall–Kier alpha value is -2.64. The summed E-state index contributed by atoms with van der Waals surface area (Å²) in [4.78, 5) is 26.2. The highest BCUT2D eigenvalue weighted by Crippen LogP contribution is 2.11. The Morgan fingerprint density at radius 3 is 2.60 bits per heavy atom. The third kappa shape index (κ3) is 5.74. The van der Waals surface area contributed by atoms with Crippen LogP contribution < -0.4 is 15.6 Å². The first-order chi connectivity index (χ1) is 12.0. The number of aliphatic hydroxyl groups excluding tert-OH is 1. The molecule has 0 saturated heterocycles. The predicted octanol–water partition coefficient (Wildman–Crippen LogP) is 0.999. The van der Waals surface area contributed by atoms with E-state index in [9.17, 15) is 14.7 Å². The maximum atomic E-state index is 11.9. The number of aryl methyl sites for hydroxylation is 1. The number of amides is 1. The van der Waals surface area contributed by atoms with Crippen LogP contribution >= 0.6 is 0 Å². The van der Waals surface area contributed by atoms with Crippen molar-refractivity contribution in [2.75, 3.05) is 20.3 Å². The van der Waals surface area contributed by atoms with Gasteiger partial charge in [-0.05, 0) is 36.8 Å². The second-order valence-corrected chi connectivity index (χ2v) is 5.61. The molecule has 0 aliphatic carbocycles. The Morgan fingerprint density at radius 1 is 1.24 bits per heavy atom. The number of nitrogens with one attached hydrogen (secondary N) is 2. The number of aliphatic hydroxyl groups is 1. The topological polar surface area (TPSA) is 101 Å². The molecule has 0 unspecified atom stereocenters. The molecular weight excluding hydrogens is 324 g/mol. The van der Waals surface area contributed by atoms with Crippen molar-refractivity contribution >= 4 is 5.91 Å². The minimum atomic E-state index is -0.869. The summed E-state index contributed by atoms with van der Waals surface area (Å²) in [5.41, 5.74) is 1.18. The van der Waals surface area contributed by atoms with E-state index in [4.69, 9.17) is 9.47 Å². The molecular formula is C18H22N2O5. The highest BCUT2D eigenvalue weighted by molar-refractivity contribution is 5.93. The molecule has 2 rings (SSSR count). The first kappa shape index (κ1) is 18.7. The van der Waals surface area contributed by atoms with E-state index >= 15 is 0 Å². The molecule has 1 aromatic carbocycles. The van der Waals surface area contributed by atoms with Crippen LogP contribution in [-0.2, 0) is 11.3 Å². The Morgan fingerprint density at radius 2 is 1.96 bits per heavy atom. The standard InChI is InChI=1S/C18H22N2O5/c1-12-3-8-16(18(23)20-12)17(22)19-9-14(21)11-25-10-13-4-6-15(24-2)7-5-13/h3-8,14,21H,9-11H2,1-2H3,(H,19,22)(H,20,23)/t14-/m0/s1. The lowest BCUT2D eigenvalue weighted by molar-refractivity contribution is 0.0285. The molecule has 0 radical (unpaired) electrons. The second kappa shape index (κ2) is 9.00. The number of carbonyl (C=O) groups is 1. The number of aromatic amines is 1. The molecule has 0 aliphatic heterocycles. The van der Waals surface area contributed by atoms with E-state index in [0.29, 0.717) is 12.3 Å². The van der Waals surface area contributed by atoms with Gasteiger partial charge in [-0.1, -0.05) is 12.1 Å². The van der Waals surface area contributed by atoms with E-state index in [1.54, 1.807) is 20.1 Å². The number of benzene rings is 1. The number of aromatic nitrogens is 1. The summed E-state index contributed by atoms with van der Waals surface area (Å²) >= 11 is 0. The molecule has 1 atom stereocenters. The van der Waals surface area contributed by atoms with Crippen LogP contribution in [0.1, 0.15) is 21.6 Å². The maximum absolute atomic E-state index is 11.9. The van der Waals surface area contributed by atoms with Crippen molar-refractivity contribution in [3.8, 4) is 5.75 Å². The fourth-order valence-corrected chi connectivity index (χ4v) is 2.15. The minimum absolute atomic E-state index is 0.00520. The maximum Gasteiger partial charge on any atom is 0.260 e. The van der Waals surface area contributed by atoms with Gasteiger partial charge in [0, 0.05) is 12.2 Å². The van der Waals surface area contributed by atoms with Gasteiger partial charge in [0.2, 0.25) is 0 Å². The number of carbonyl (C=O) groups excluding carboxylic acids is 1. The van der Waals surface area contributed by atoms with Gasteiger partial charge >= 0.3 is 0 Å². The van der Waals surface area contributed by atoms with E-state index in [1.165, 1.54) is 6.07 Å². The quantitative estimate of drug-likeness (QED) is 0.662. The molecule has 7 nitrogen and oxygen atoms in total. The van der Waals surface area contributed by atoms with E-state index in [2.05, 4.69) is 10.3 Å². The normalized spacial score (nSPS) is 11.8. The molecule has 0 aliphatic rings. The van der Waals surface area contributed by atoms with Gasteiger partial charge in [-0.25, -0.2) is 0 Å². The smallest absolute Gasteiger partial charge is 0.260 e. The minimum Gasteiger partial charge on any atom is -0.497 e. The summed E-state index contributed by atoms with van der Waals surface area (Å²) in [5.74, 6) is 0.230. The summed E-state index contributed by atoms with van der Waals surface area (Å²) < 4.78 is 10.5. The van der Waals surface area contributed by atoms with Gasteiger partial charge in [-0.15, -0.1) is 0 Å². The van der Waals surface area contributed by atoms with Crippen LogP contribution in [-0.4, -0.2) is 42.4 Å². The third-order valence-electron chi connectivity index (χ3n) is 3.54. The molecule has 7 heteroatoms. The largest absolute Gasteiger partial charge is 0.497 e. The van der Waals surface area contributed by atoms with Crippen molar-refractivity contribution in [1.29, 1.82) is 0 Å². The Balaban J connectivity index is 1.73. The molecule has 3 N–H and O–H groups in total. The van der Waals surface area contributed by atoms with Gasteiger partial charge in [-0.3, -0.25) is 9.59 Å². The predicted molar refractivity (Wildman–Crippen MR) is 92.8 cm³/mol. The van der Waals surface area contributed by atoms with E-state index < -0.39 is 17.6 Å². The molecule has 134 valence electrons. The van der Waals surface area contributed by atoms with Crippen LogP contribution in [0.4, 0.5) is 0 Å². The molecule has 1 aromatic heterocycles. The number of hydrogen-bond acceptors (Lipinski definition) is 5. The van der Waals surface area contributed by atoms with Crippen molar-refractivity contribution in [2.24, 2.45) is 0 Å². The summed E-state index contributed by atoms with van der Waals surface area (Å²) in [5, 5.41) is 12.4. The SMILES string of the molecule is COc1ccc(COC[C@@H](O)CNC(=O)c2ccc(C)[nH]c2=O)cc1. The number of ether oxygens (including phenoxy) is 2. The third-order valence-corrected chi connectivity index (χ3v) is 3.54. The highest BCUT2D eigenvalue weighted by Gasteiger charge is 2.12. The van der Waals surface area contributed by atoms with Gasteiger partial charge in [0.1, 0.15) is 11.3 Å². The van der Waals surface area contributed by atoms with Crippen LogP contribution in [0.3, 0.4) is 0 Å². The summed E-state index contributed by atoms with van der Waals surface area (Å²) in [6, 6.07) is 10.5. The highest BCUT2D eigenvalue weighted by atomic mass is 16.5. The van der Waals surface area contributed by atoms with E-state index in [1.807, 2.05) is 24.3 Å². The van der Waals surface area contributed by atoms with Gasteiger partial charge < -0.3 is 24.9 Å². The monoisotopic (exact) mass is 346 g/mol. The Kier molecular flexibility index (Phi) is 6.73. The van der Waals surface area contributed by atoms with Crippen molar-refractivity contribution in [1.82, 2.24) is 10.3 Å². The van der Waals surface area contributed by atoms with Crippen LogP contribution in [0.15, 0.2) is 41.2 Å². The number of rotatable bonds is 8. The number of H-pyrrole nitrogens is 1. The second-order valence-electron chi connectivity index (χ2n) is 5.61. The zero-order valence-corrected chi connectivity index (χ0v) is 14.2. The lowest BCUT2D eigenvalue weighted by Gasteiger charge is -2.12. The molecule has 0 bridgehead atoms. The summed E-state index contributed by atoms with van der Waals surface area (Å²) in [7, 11) is 1.60. The molecule has 1 heterocycles. The van der Waals surface area contributed by atoms with E-state index in [0.717, 1.165) is 11.3 Å². The molecule has 1 amide bonds. The lowest BCUT2D eigenvalue weighted by atomic mass is 10.2. The van der Waals surface area contributed by atoms with Gasteiger partial charge in [0.15, 0.2) is 0 Å². The van der Waals surface area contributed by atoms with Crippen molar-refractivity contribution in [2.45, 2.75) is 19.6 Å². The van der Waals surface area contributed by atoms with Gasteiger partial charge in [-0.2, -0.15) is 0 Å². The fraction of sp³-hybridized carbons (Fsp3) is 0.333. The molecule has 2 aromatic rings. The first-order valence-electron chi connectivity index (χ1n) is 7.86. The van der Waals surface area contributed by atoms with Crippen molar-refractivity contribution in [3.05, 3.63) is 63.6 Å². The van der Waals surface area contributed by atoms with Crippen molar-refractivity contribution in [3.63, 3.8) is 0 Å². The van der Waals surface area contributed by atoms with Crippen LogP contribution in [0.2, 0.25) is 0 Å². The number of methoxy groups -OCH3 is 1. The van der Waals surface area contributed by atoms with Crippen LogP contribution in [0.5, 0.6) is 5.75 Å². The van der Waals surface area contributed by atoms with Gasteiger partial charge in [0.05, 0.1) is 26.4 Å². The van der Waals surface area contributed by atoms with Crippen molar-refractivity contribution < 1.29 is 19.4 Å². The first-order valence-corrected chi connectivity index (χ1v) is 7.86. The lowest BCUT2D eigenvalue weighted by Crippen LogP contribution is -2.37. The summed E-state index contributed by atoms with van der Waals surface area (Å²) in [6.45, 7) is 2.13. The number of pyridine rings is 1. The average Bonchev–Trinajstić information content (AvgIpc) is 2.60. The zero-order valence-electron chi connectivity index (χ0n) is 14.2. The summed E-state index contributed by atoms with van der Waals surface area (Å²) in [6.07, 6.45) is -0.869. The average molecular weight is 346 g/mol. The molecule has 0 fully saturated rings. The molecule has 0 saturated carbocycles. The molecule has 0 spiro atoms. The van der Waals surface area contributed by atoms with Crippen LogP contribution in [0.25, 0.3) is 0 Å². The van der Waals surface area contributed by atoms with Crippen LogP contribution in [0, 0.1) is 6.92 Å². The molecule has 25 heavy (non-hydrogen) atoms. The van der Waals surface area contributed by atoms with Gasteiger partial charge in [0.25, 0.3) is 11.5 Å².